The first-order chi connectivity index (χ1) is 15.5. The number of nitrogens with zero attached hydrogens (tertiary/aromatic N) is 4. The van der Waals surface area contributed by atoms with Crippen LogP contribution in [-0.4, -0.2) is 55.9 Å². The molecule has 0 atom stereocenters. The zero-order valence-corrected chi connectivity index (χ0v) is 17.4. The fraction of sp³-hybridized carbons (Fsp3) is 0.304. The first-order valence-corrected chi connectivity index (χ1v) is 10.5. The molecule has 3 aromatic rings. The summed E-state index contributed by atoms with van der Waals surface area (Å²) in [4.78, 5) is 29.6. The summed E-state index contributed by atoms with van der Waals surface area (Å²) in [6.45, 7) is 1.07. The summed E-state index contributed by atoms with van der Waals surface area (Å²) in [7, 11) is 0. The van der Waals surface area contributed by atoms with E-state index >= 15 is 0 Å². The number of halogens is 1. The molecule has 1 aromatic carbocycles. The first kappa shape index (κ1) is 21.5. The average Bonchev–Trinajstić information content (AvgIpc) is 3.18. The number of nitrogens with one attached hydrogen (secondary N) is 1. The van der Waals surface area contributed by atoms with E-state index in [-0.39, 0.29) is 24.3 Å². The lowest BCUT2D eigenvalue weighted by Gasteiger charge is -2.32. The van der Waals surface area contributed by atoms with Gasteiger partial charge in [0, 0.05) is 49.2 Å². The topological polar surface area (TPSA) is 100 Å². The smallest absolute Gasteiger partial charge is 0.404 e. The van der Waals surface area contributed by atoms with Crippen molar-refractivity contribution >= 4 is 12.0 Å². The average molecular weight is 437 g/mol. The lowest BCUT2D eigenvalue weighted by Crippen LogP contribution is -2.47. The summed E-state index contributed by atoms with van der Waals surface area (Å²) in [5, 5.41) is 16.0. The SMILES string of the molecule is O=C(O)NC1CCN(C(=O)Cn2nc(-c3ccncc3)cc2Cc2ccc(F)cc2)CC1. The molecular formula is C23H24FN5O3. The zero-order chi connectivity index (χ0) is 22.5. The largest absolute Gasteiger partial charge is 0.465 e. The summed E-state index contributed by atoms with van der Waals surface area (Å²) < 4.78 is 15.0. The number of piperidine rings is 1. The van der Waals surface area contributed by atoms with E-state index < -0.39 is 6.09 Å². The maximum atomic E-state index is 13.3. The molecule has 2 N–H and O–H groups in total. The summed E-state index contributed by atoms with van der Waals surface area (Å²) in [6.07, 6.45) is 4.02. The number of aromatic nitrogens is 3. The molecule has 8 nitrogen and oxygen atoms in total. The molecule has 1 saturated heterocycles. The molecule has 0 saturated carbocycles. The van der Waals surface area contributed by atoms with Crippen LogP contribution in [0, 0.1) is 5.82 Å². The molecule has 1 aliphatic rings. The number of rotatable bonds is 6. The summed E-state index contributed by atoms with van der Waals surface area (Å²) in [5.41, 5.74) is 3.40. The lowest BCUT2D eigenvalue weighted by atomic mass is 10.1. The lowest BCUT2D eigenvalue weighted by molar-refractivity contribution is -0.133. The summed E-state index contributed by atoms with van der Waals surface area (Å²) in [5.74, 6) is -0.362. The number of amides is 2. The number of hydrogen-bond acceptors (Lipinski definition) is 4. The van der Waals surface area contributed by atoms with Crippen LogP contribution < -0.4 is 5.32 Å². The maximum absolute atomic E-state index is 13.3. The highest BCUT2D eigenvalue weighted by atomic mass is 19.1. The Labute approximate surface area is 184 Å². The molecule has 166 valence electrons. The van der Waals surface area contributed by atoms with E-state index in [1.54, 1.807) is 34.1 Å². The van der Waals surface area contributed by atoms with Crippen molar-refractivity contribution < 1.29 is 19.1 Å². The third kappa shape index (κ3) is 5.29. The Morgan fingerprint density at radius 2 is 1.78 bits per heavy atom. The van der Waals surface area contributed by atoms with E-state index in [9.17, 15) is 14.0 Å². The van der Waals surface area contributed by atoms with Crippen molar-refractivity contribution in [3.63, 3.8) is 0 Å². The molecule has 0 aliphatic carbocycles. The second-order valence-corrected chi connectivity index (χ2v) is 7.82. The van der Waals surface area contributed by atoms with Crippen molar-refractivity contribution in [1.29, 1.82) is 0 Å². The number of carboxylic acid groups (broad SMARTS) is 1. The van der Waals surface area contributed by atoms with Crippen LogP contribution in [-0.2, 0) is 17.8 Å². The summed E-state index contributed by atoms with van der Waals surface area (Å²) >= 11 is 0. The fourth-order valence-electron chi connectivity index (χ4n) is 3.89. The molecule has 32 heavy (non-hydrogen) atoms. The van der Waals surface area contributed by atoms with Gasteiger partial charge in [0.05, 0.1) is 5.69 Å². The molecule has 2 aromatic heterocycles. The van der Waals surface area contributed by atoms with E-state index in [0.717, 1.165) is 22.5 Å². The molecule has 2 amide bonds. The Kier molecular flexibility index (Phi) is 6.44. The fourth-order valence-corrected chi connectivity index (χ4v) is 3.89. The minimum absolute atomic E-state index is 0.0662. The van der Waals surface area contributed by atoms with Crippen LogP contribution in [0.3, 0.4) is 0 Å². The van der Waals surface area contributed by atoms with Crippen molar-refractivity contribution in [2.45, 2.75) is 31.8 Å². The Hall–Kier alpha value is -3.75. The Bertz CT molecular complexity index is 1080. The molecule has 4 rings (SSSR count). The molecule has 0 radical (unpaired) electrons. The minimum atomic E-state index is -1.04. The van der Waals surface area contributed by atoms with E-state index in [2.05, 4.69) is 15.4 Å². The number of benzene rings is 1. The van der Waals surface area contributed by atoms with Gasteiger partial charge >= 0.3 is 6.09 Å². The van der Waals surface area contributed by atoms with E-state index in [1.165, 1.54) is 12.1 Å². The Morgan fingerprint density at radius 3 is 2.44 bits per heavy atom. The van der Waals surface area contributed by atoms with E-state index in [4.69, 9.17) is 5.11 Å². The quantitative estimate of drug-likeness (QED) is 0.618. The number of likely N-dealkylation sites (tertiary alicyclic amines) is 1. The molecule has 9 heteroatoms. The molecule has 1 fully saturated rings. The van der Waals surface area contributed by atoms with Gasteiger partial charge in [0.25, 0.3) is 0 Å². The van der Waals surface area contributed by atoms with E-state index in [0.29, 0.717) is 32.4 Å². The standard InChI is InChI=1S/C23H24FN5O3/c24-18-3-1-16(2-4-18)13-20-14-21(17-5-9-25-10-6-17)27-29(20)15-22(30)28-11-7-19(8-12-28)26-23(31)32/h1-6,9-10,14,19,26H,7-8,11-13,15H2,(H,31,32). The summed E-state index contributed by atoms with van der Waals surface area (Å²) in [6, 6.07) is 11.8. The molecular weight excluding hydrogens is 413 g/mol. The third-order valence-electron chi connectivity index (χ3n) is 5.60. The van der Waals surface area contributed by atoms with Crippen LogP contribution in [0.4, 0.5) is 9.18 Å². The molecule has 0 spiro atoms. The van der Waals surface area contributed by atoms with Gasteiger partial charge in [-0.2, -0.15) is 5.10 Å². The minimum Gasteiger partial charge on any atom is -0.465 e. The number of carbonyl (C=O) groups excluding carboxylic acids is 1. The van der Waals surface area contributed by atoms with Gasteiger partial charge in [-0.15, -0.1) is 0 Å². The maximum Gasteiger partial charge on any atom is 0.404 e. The van der Waals surface area contributed by atoms with Gasteiger partial charge in [-0.25, -0.2) is 9.18 Å². The molecule has 3 heterocycles. The number of hydrogen-bond donors (Lipinski definition) is 2. The van der Waals surface area contributed by atoms with Gasteiger partial charge in [0.2, 0.25) is 5.91 Å². The Balaban J connectivity index is 1.51. The van der Waals surface area contributed by atoms with Crippen molar-refractivity contribution in [2.75, 3.05) is 13.1 Å². The predicted molar refractivity (Wildman–Crippen MR) is 115 cm³/mol. The second-order valence-electron chi connectivity index (χ2n) is 7.82. The van der Waals surface area contributed by atoms with Crippen LogP contribution in [0.5, 0.6) is 0 Å². The number of carbonyl (C=O) groups is 2. The van der Waals surface area contributed by atoms with Crippen LogP contribution in [0.1, 0.15) is 24.1 Å². The number of pyridine rings is 1. The van der Waals surface area contributed by atoms with E-state index in [1.807, 2.05) is 18.2 Å². The second kappa shape index (κ2) is 9.59. The van der Waals surface area contributed by atoms with Crippen LogP contribution in [0.2, 0.25) is 0 Å². The predicted octanol–water partition coefficient (Wildman–Crippen LogP) is 2.93. The van der Waals surface area contributed by atoms with Gasteiger partial charge in [-0.1, -0.05) is 12.1 Å². The highest BCUT2D eigenvalue weighted by molar-refractivity contribution is 5.76. The Morgan fingerprint density at radius 1 is 1.09 bits per heavy atom. The van der Waals surface area contributed by atoms with Crippen molar-refractivity contribution in [3.05, 3.63) is 71.9 Å². The molecule has 1 aliphatic heterocycles. The van der Waals surface area contributed by atoms with Gasteiger partial charge in [0.15, 0.2) is 0 Å². The first-order valence-electron chi connectivity index (χ1n) is 10.5. The highest BCUT2D eigenvalue weighted by Gasteiger charge is 2.24. The van der Waals surface area contributed by atoms with Gasteiger partial charge < -0.3 is 15.3 Å². The third-order valence-corrected chi connectivity index (χ3v) is 5.60. The van der Waals surface area contributed by atoms with Gasteiger partial charge in [-0.3, -0.25) is 14.5 Å². The monoisotopic (exact) mass is 437 g/mol. The molecule has 0 bridgehead atoms. The van der Waals surface area contributed by atoms with Crippen LogP contribution in [0.25, 0.3) is 11.3 Å². The highest BCUT2D eigenvalue weighted by Crippen LogP contribution is 2.21. The van der Waals surface area contributed by atoms with Crippen LogP contribution in [0.15, 0.2) is 54.9 Å². The van der Waals surface area contributed by atoms with Crippen molar-refractivity contribution in [2.24, 2.45) is 0 Å². The normalized spacial score (nSPS) is 14.3. The van der Waals surface area contributed by atoms with Crippen molar-refractivity contribution in [3.8, 4) is 11.3 Å². The van der Waals surface area contributed by atoms with Crippen LogP contribution >= 0.6 is 0 Å². The van der Waals surface area contributed by atoms with Gasteiger partial charge in [0.1, 0.15) is 12.4 Å². The van der Waals surface area contributed by atoms with Crippen molar-refractivity contribution in [1.82, 2.24) is 25.0 Å². The van der Waals surface area contributed by atoms with Gasteiger partial charge in [-0.05, 0) is 48.7 Å². The zero-order valence-electron chi connectivity index (χ0n) is 17.4. The molecule has 0 unspecified atom stereocenters.